The number of hydrogen-bond acceptors (Lipinski definition) is 4. The van der Waals surface area contributed by atoms with E-state index in [2.05, 4.69) is 6.58 Å². The molecule has 0 heterocycles. The van der Waals surface area contributed by atoms with Crippen molar-refractivity contribution in [1.82, 2.24) is 0 Å². The average molecular weight is 206 g/mol. The van der Waals surface area contributed by atoms with Crippen LogP contribution in [0.2, 0.25) is 0 Å². The van der Waals surface area contributed by atoms with Gasteiger partial charge in [0.05, 0.1) is 0 Å². The lowest BCUT2D eigenvalue weighted by molar-refractivity contribution is -0.116. The number of rotatable bonds is 4. The van der Waals surface area contributed by atoms with E-state index in [1.165, 1.54) is 13.8 Å². The van der Waals surface area contributed by atoms with Gasteiger partial charge in [0.2, 0.25) is 10.0 Å². The zero-order valence-electron chi connectivity index (χ0n) is 7.65. The fourth-order valence-corrected chi connectivity index (χ4v) is 1.71. The summed E-state index contributed by atoms with van der Waals surface area (Å²) in [6, 6.07) is -0.881. The Morgan fingerprint density at radius 2 is 2.00 bits per heavy atom. The number of allylic oxidation sites excluding steroid dienone is 1. The van der Waals surface area contributed by atoms with Crippen molar-refractivity contribution < 1.29 is 13.2 Å². The molecule has 0 bridgehead atoms. The monoisotopic (exact) mass is 206 g/mol. The van der Waals surface area contributed by atoms with Crippen LogP contribution in [0.3, 0.4) is 0 Å². The van der Waals surface area contributed by atoms with Crippen molar-refractivity contribution >= 4 is 15.8 Å². The lowest BCUT2D eigenvalue weighted by Gasteiger charge is -2.27. The molecule has 0 aromatic rings. The molecule has 2 unspecified atom stereocenters. The number of sulfonamides is 1. The Bertz CT molecular complexity index is 321. The number of carbonyl (C=O) groups excluding carboxylic acids is 1. The summed E-state index contributed by atoms with van der Waals surface area (Å²) in [7, 11) is -4.02. The molecule has 0 rings (SSSR count). The van der Waals surface area contributed by atoms with Crippen molar-refractivity contribution in [2.45, 2.75) is 24.6 Å². The molecule has 0 aliphatic rings. The van der Waals surface area contributed by atoms with E-state index in [4.69, 9.17) is 10.9 Å². The lowest BCUT2D eigenvalue weighted by Crippen LogP contribution is -2.57. The number of carbonyl (C=O) groups is 1. The number of ketones is 1. The molecule has 6 heteroatoms. The van der Waals surface area contributed by atoms with Gasteiger partial charge in [0.25, 0.3) is 0 Å². The van der Waals surface area contributed by atoms with Crippen LogP contribution in [0, 0.1) is 0 Å². The van der Waals surface area contributed by atoms with E-state index < -0.39 is 26.6 Å². The summed E-state index contributed by atoms with van der Waals surface area (Å²) in [5.74, 6) is -0.690. The fourth-order valence-electron chi connectivity index (χ4n) is 0.826. The summed E-state index contributed by atoms with van der Waals surface area (Å²) in [6.45, 7) is 5.80. The topological polar surface area (TPSA) is 103 Å². The first-order valence-electron chi connectivity index (χ1n) is 3.62. The minimum atomic E-state index is -4.02. The first kappa shape index (κ1) is 12.3. The summed E-state index contributed by atoms with van der Waals surface area (Å²) in [5, 5.41) is 4.92. The van der Waals surface area contributed by atoms with Crippen LogP contribution in [0.1, 0.15) is 13.8 Å². The van der Waals surface area contributed by atoms with Gasteiger partial charge in [-0.25, -0.2) is 13.6 Å². The van der Waals surface area contributed by atoms with Crippen molar-refractivity contribution in [2.75, 3.05) is 0 Å². The minimum absolute atomic E-state index is 0.690. The van der Waals surface area contributed by atoms with Gasteiger partial charge >= 0.3 is 0 Å². The van der Waals surface area contributed by atoms with Gasteiger partial charge in [-0.1, -0.05) is 6.58 Å². The van der Waals surface area contributed by atoms with E-state index in [1.807, 2.05) is 0 Å². The number of nitrogens with two attached hydrogens (primary N) is 2. The predicted molar refractivity (Wildman–Crippen MR) is 50.4 cm³/mol. The zero-order chi connectivity index (χ0) is 10.9. The average Bonchev–Trinajstić information content (AvgIpc) is 1.98. The molecule has 0 aliphatic carbocycles. The third-order valence-electron chi connectivity index (χ3n) is 2.13. The highest BCUT2D eigenvalue weighted by molar-refractivity contribution is 7.91. The molecule has 2 atom stereocenters. The predicted octanol–water partition coefficient (Wildman–Crippen LogP) is -0.864. The molecular weight excluding hydrogens is 192 g/mol. The van der Waals surface area contributed by atoms with Crippen molar-refractivity contribution in [3.63, 3.8) is 0 Å². The van der Waals surface area contributed by atoms with E-state index in [0.717, 1.165) is 6.08 Å². The maximum Gasteiger partial charge on any atom is 0.223 e. The second-order valence-electron chi connectivity index (χ2n) is 3.01. The first-order valence-corrected chi connectivity index (χ1v) is 5.17. The zero-order valence-corrected chi connectivity index (χ0v) is 8.47. The fraction of sp³-hybridized carbons (Fsp3) is 0.571. The van der Waals surface area contributed by atoms with E-state index in [9.17, 15) is 13.2 Å². The number of primary sulfonamides is 1. The molecule has 0 amide bonds. The van der Waals surface area contributed by atoms with Crippen LogP contribution >= 0.6 is 0 Å². The van der Waals surface area contributed by atoms with Crippen LogP contribution in [-0.2, 0) is 14.8 Å². The Balaban J connectivity index is 5.47. The first-order chi connectivity index (χ1) is 5.67. The van der Waals surface area contributed by atoms with Crippen LogP contribution in [-0.4, -0.2) is 25.0 Å². The summed E-state index contributed by atoms with van der Waals surface area (Å²) < 4.78 is 20.5. The molecule has 0 spiro atoms. The molecule has 0 radical (unpaired) electrons. The van der Waals surface area contributed by atoms with Crippen LogP contribution in [0.25, 0.3) is 0 Å². The molecule has 0 aliphatic heterocycles. The van der Waals surface area contributed by atoms with Gasteiger partial charge in [-0.15, -0.1) is 0 Å². The molecule has 5 nitrogen and oxygen atoms in total. The maximum atomic E-state index is 11.3. The Morgan fingerprint density at radius 3 is 2.08 bits per heavy atom. The molecule has 0 aromatic heterocycles. The van der Waals surface area contributed by atoms with E-state index in [-0.39, 0.29) is 0 Å². The largest absolute Gasteiger partial charge is 0.326 e. The van der Waals surface area contributed by atoms with Gasteiger partial charge in [-0.2, -0.15) is 0 Å². The van der Waals surface area contributed by atoms with Crippen LogP contribution in [0.4, 0.5) is 0 Å². The van der Waals surface area contributed by atoms with Gasteiger partial charge < -0.3 is 5.73 Å². The Labute approximate surface area is 77.8 Å². The molecule has 13 heavy (non-hydrogen) atoms. The second-order valence-corrected chi connectivity index (χ2v) is 4.95. The molecule has 0 saturated carbocycles. The Morgan fingerprint density at radius 1 is 1.62 bits per heavy atom. The SMILES string of the molecule is C=CC(=O)C(C)(C(C)N)S(N)(=O)=O. The van der Waals surface area contributed by atoms with Gasteiger partial charge in [0, 0.05) is 6.04 Å². The van der Waals surface area contributed by atoms with Gasteiger partial charge in [0.1, 0.15) is 0 Å². The molecule has 0 aromatic carbocycles. The van der Waals surface area contributed by atoms with E-state index in [1.54, 1.807) is 0 Å². The van der Waals surface area contributed by atoms with E-state index >= 15 is 0 Å². The lowest BCUT2D eigenvalue weighted by atomic mass is 9.98. The molecular formula is C7H14N2O3S. The van der Waals surface area contributed by atoms with Crippen LogP contribution in [0.5, 0.6) is 0 Å². The highest BCUT2D eigenvalue weighted by atomic mass is 32.2. The standard InChI is InChI=1S/C7H14N2O3S/c1-4-6(10)7(3,5(2)8)13(9,11)12/h4-5H,1,8H2,2-3H3,(H2,9,11,12). The van der Waals surface area contributed by atoms with Crippen molar-refractivity contribution in [2.24, 2.45) is 10.9 Å². The van der Waals surface area contributed by atoms with Crippen molar-refractivity contribution in [1.29, 1.82) is 0 Å². The van der Waals surface area contributed by atoms with Crippen molar-refractivity contribution in [3.05, 3.63) is 12.7 Å². The molecule has 0 fully saturated rings. The van der Waals surface area contributed by atoms with Crippen LogP contribution in [0.15, 0.2) is 12.7 Å². The Kier molecular flexibility index (Phi) is 3.37. The molecule has 0 saturated heterocycles. The summed E-state index contributed by atoms with van der Waals surface area (Å²) >= 11 is 0. The van der Waals surface area contributed by atoms with Crippen molar-refractivity contribution in [3.8, 4) is 0 Å². The number of hydrogen-bond donors (Lipinski definition) is 2. The summed E-state index contributed by atoms with van der Waals surface area (Å²) in [6.07, 6.45) is 0.910. The third kappa shape index (κ3) is 1.96. The second kappa shape index (κ2) is 3.57. The van der Waals surface area contributed by atoms with Gasteiger partial charge in [-0.3, -0.25) is 4.79 Å². The van der Waals surface area contributed by atoms with Gasteiger partial charge in [-0.05, 0) is 19.9 Å². The highest BCUT2D eigenvalue weighted by Crippen LogP contribution is 2.19. The summed E-state index contributed by atoms with van der Waals surface area (Å²) in [4.78, 5) is 11.3. The molecule has 76 valence electrons. The quantitative estimate of drug-likeness (QED) is 0.584. The Hall–Kier alpha value is -0.720. The third-order valence-corrected chi connectivity index (χ3v) is 3.89. The van der Waals surface area contributed by atoms with E-state index in [0.29, 0.717) is 0 Å². The summed E-state index contributed by atoms with van der Waals surface area (Å²) in [5.41, 5.74) is 5.41. The highest BCUT2D eigenvalue weighted by Gasteiger charge is 2.45. The maximum absolute atomic E-state index is 11.3. The van der Waals surface area contributed by atoms with Crippen LogP contribution < -0.4 is 10.9 Å². The normalized spacial score (nSPS) is 18.8. The molecule has 4 N–H and O–H groups in total. The minimum Gasteiger partial charge on any atom is -0.326 e. The smallest absolute Gasteiger partial charge is 0.223 e. The van der Waals surface area contributed by atoms with Gasteiger partial charge in [0.15, 0.2) is 10.5 Å².